The van der Waals surface area contributed by atoms with E-state index in [1.165, 1.54) is 6.08 Å². The van der Waals surface area contributed by atoms with Crippen molar-refractivity contribution in [3.8, 4) is 0 Å². The molecule has 0 aliphatic heterocycles. The van der Waals surface area contributed by atoms with E-state index < -0.39 is 5.97 Å². The highest BCUT2D eigenvalue weighted by atomic mass is 16.4. The molecule has 0 saturated carbocycles. The van der Waals surface area contributed by atoms with E-state index in [1.807, 2.05) is 19.9 Å². The first-order valence-corrected chi connectivity index (χ1v) is 5.43. The molecule has 0 aromatic heterocycles. The van der Waals surface area contributed by atoms with Gasteiger partial charge in [-0.05, 0) is 19.4 Å². The maximum absolute atomic E-state index is 11.2. The monoisotopic (exact) mass is 234 g/mol. The average Bonchev–Trinajstić information content (AvgIpc) is 2.27. The van der Waals surface area contributed by atoms with Crippen LogP contribution in [0.25, 0.3) is 0 Å². The summed E-state index contributed by atoms with van der Waals surface area (Å²) in [5.41, 5.74) is 1.63. The highest BCUT2D eigenvalue weighted by Gasteiger charge is 1.97. The zero-order valence-corrected chi connectivity index (χ0v) is 10.4. The second-order valence-electron chi connectivity index (χ2n) is 3.59. The van der Waals surface area contributed by atoms with Gasteiger partial charge < -0.3 is 5.11 Å². The largest absolute Gasteiger partial charge is 0.478 e. The summed E-state index contributed by atoms with van der Waals surface area (Å²) in [5, 5.41) is 8.38. The van der Waals surface area contributed by atoms with Crippen LogP contribution in [-0.2, 0) is 9.59 Å². The maximum atomic E-state index is 11.2. The van der Waals surface area contributed by atoms with Crippen LogP contribution in [-0.4, -0.2) is 16.9 Å². The lowest BCUT2D eigenvalue weighted by Crippen LogP contribution is -1.95. The number of carboxylic acid groups (broad SMARTS) is 1. The van der Waals surface area contributed by atoms with E-state index in [4.69, 9.17) is 5.11 Å². The quantitative estimate of drug-likeness (QED) is 0.567. The molecule has 0 spiro atoms. The van der Waals surface area contributed by atoms with Gasteiger partial charge in [0.05, 0.1) is 0 Å². The van der Waals surface area contributed by atoms with E-state index in [1.54, 1.807) is 25.2 Å². The highest BCUT2D eigenvalue weighted by molar-refractivity contribution is 5.94. The highest BCUT2D eigenvalue weighted by Crippen LogP contribution is 2.01. The molecule has 0 bridgehead atoms. The summed E-state index contributed by atoms with van der Waals surface area (Å²) in [6, 6.07) is 0. The molecule has 17 heavy (non-hydrogen) atoms. The van der Waals surface area contributed by atoms with Gasteiger partial charge in [0.15, 0.2) is 5.78 Å². The molecule has 3 heteroatoms. The fourth-order valence-electron chi connectivity index (χ4n) is 1.05. The topological polar surface area (TPSA) is 54.4 Å². The number of aliphatic carboxylic acids is 1. The Kier molecular flexibility index (Phi) is 7.35. The summed E-state index contributed by atoms with van der Waals surface area (Å²) in [6.07, 6.45) is 10.1. The third-order valence-electron chi connectivity index (χ3n) is 2.06. The SMILES string of the molecule is CCC(=O)C(C)=CC=CC(C)=CC=CC(=O)O. The lowest BCUT2D eigenvalue weighted by molar-refractivity contribution is -0.131. The zero-order chi connectivity index (χ0) is 13.3. The third kappa shape index (κ3) is 7.96. The van der Waals surface area contributed by atoms with Crippen LogP contribution in [0, 0.1) is 0 Å². The Morgan fingerprint density at radius 2 is 1.65 bits per heavy atom. The summed E-state index contributed by atoms with van der Waals surface area (Å²) in [5.74, 6) is -0.843. The molecule has 0 aliphatic carbocycles. The molecule has 1 N–H and O–H groups in total. The number of carbonyl (C=O) groups excluding carboxylic acids is 1. The maximum Gasteiger partial charge on any atom is 0.328 e. The van der Waals surface area contributed by atoms with Crippen LogP contribution < -0.4 is 0 Å². The van der Waals surface area contributed by atoms with Crippen molar-refractivity contribution in [3.63, 3.8) is 0 Å². The number of ketones is 1. The Balaban J connectivity index is 4.44. The first kappa shape index (κ1) is 15.1. The molecule has 0 aromatic carbocycles. The predicted molar refractivity (Wildman–Crippen MR) is 68.7 cm³/mol. The van der Waals surface area contributed by atoms with E-state index in [0.717, 1.165) is 17.2 Å². The predicted octanol–water partition coefficient (Wildman–Crippen LogP) is 3.06. The van der Waals surface area contributed by atoms with Crippen molar-refractivity contribution in [2.45, 2.75) is 27.2 Å². The van der Waals surface area contributed by atoms with Crippen LogP contribution in [0.5, 0.6) is 0 Å². The summed E-state index contributed by atoms with van der Waals surface area (Å²) in [7, 11) is 0. The molecule has 3 nitrogen and oxygen atoms in total. The number of carboxylic acids is 1. The summed E-state index contributed by atoms with van der Waals surface area (Å²) < 4.78 is 0. The van der Waals surface area contributed by atoms with E-state index in [-0.39, 0.29) is 5.78 Å². The molecule has 0 radical (unpaired) electrons. The van der Waals surface area contributed by atoms with Gasteiger partial charge in [-0.25, -0.2) is 4.79 Å². The number of hydrogen-bond acceptors (Lipinski definition) is 2. The molecule has 92 valence electrons. The van der Waals surface area contributed by atoms with E-state index in [0.29, 0.717) is 6.42 Å². The van der Waals surface area contributed by atoms with Gasteiger partial charge in [0.1, 0.15) is 0 Å². The Morgan fingerprint density at radius 1 is 1.06 bits per heavy atom. The fourth-order valence-corrected chi connectivity index (χ4v) is 1.05. The van der Waals surface area contributed by atoms with Crippen LogP contribution >= 0.6 is 0 Å². The normalized spacial score (nSPS) is 13.6. The fraction of sp³-hybridized carbons (Fsp3) is 0.286. The second kappa shape index (κ2) is 8.28. The average molecular weight is 234 g/mol. The summed E-state index contributed by atoms with van der Waals surface area (Å²) in [4.78, 5) is 21.5. The number of allylic oxidation sites excluding steroid dienone is 7. The molecule has 0 aromatic rings. The minimum Gasteiger partial charge on any atom is -0.478 e. The second-order valence-corrected chi connectivity index (χ2v) is 3.59. The Labute approximate surface area is 102 Å². The number of hydrogen-bond donors (Lipinski definition) is 1. The molecule has 0 atom stereocenters. The molecule has 0 amide bonds. The minimum absolute atomic E-state index is 0.127. The molecule has 0 aliphatic rings. The molecular formula is C14H18O3. The van der Waals surface area contributed by atoms with Gasteiger partial charge >= 0.3 is 5.97 Å². The van der Waals surface area contributed by atoms with E-state index in [2.05, 4.69) is 0 Å². The Morgan fingerprint density at radius 3 is 2.18 bits per heavy atom. The van der Waals surface area contributed by atoms with Gasteiger partial charge in [-0.3, -0.25) is 4.79 Å². The van der Waals surface area contributed by atoms with Crippen LogP contribution in [0.15, 0.2) is 47.6 Å². The van der Waals surface area contributed by atoms with Crippen molar-refractivity contribution in [2.24, 2.45) is 0 Å². The van der Waals surface area contributed by atoms with Gasteiger partial charge in [0.25, 0.3) is 0 Å². The molecule has 0 saturated heterocycles. The molecule has 0 unspecified atom stereocenters. The number of Topliss-reactive ketones (excluding diaryl/α,β-unsaturated/α-hetero) is 1. The lowest BCUT2D eigenvalue weighted by atomic mass is 10.1. The first-order chi connectivity index (χ1) is 7.97. The van der Waals surface area contributed by atoms with Crippen molar-refractivity contribution in [1.29, 1.82) is 0 Å². The minimum atomic E-state index is -0.970. The smallest absolute Gasteiger partial charge is 0.328 e. The molecule has 0 heterocycles. The van der Waals surface area contributed by atoms with Crippen LogP contribution in [0.3, 0.4) is 0 Å². The zero-order valence-electron chi connectivity index (χ0n) is 10.4. The Hall–Kier alpha value is -1.90. The van der Waals surface area contributed by atoms with Crippen LogP contribution in [0.4, 0.5) is 0 Å². The van der Waals surface area contributed by atoms with Crippen molar-refractivity contribution in [2.75, 3.05) is 0 Å². The van der Waals surface area contributed by atoms with Gasteiger partial charge in [-0.2, -0.15) is 0 Å². The summed E-state index contributed by atoms with van der Waals surface area (Å²) >= 11 is 0. The van der Waals surface area contributed by atoms with Crippen molar-refractivity contribution >= 4 is 11.8 Å². The van der Waals surface area contributed by atoms with Crippen molar-refractivity contribution < 1.29 is 14.7 Å². The molecule has 0 rings (SSSR count). The van der Waals surface area contributed by atoms with E-state index in [9.17, 15) is 9.59 Å². The number of rotatable bonds is 6. The lowest BCUT2D eigenvalue weighted by Gasteiger charge is -1.93. The van der Waals surface area contributed by atoms with Crippen molar-refractivity contribution in [3.05, 3.63) is 47.6 Å². The van der Waals surface area contributed by atoms with Crippen molar-refractivity contribution in [1.82, 2.24) is 0 Å². The van der Waals surface area contributed by atoms with Gasteiger partial charge in [0, 0.05) is 12.5 Å². The van der Waals surface area contributed by atoms with Gasteiger partial charge in [-0.1, -0.05) is 42.9 Å². The van der Waals surface area contributed by atoms with Gasteiger partial charge in [-0.15, -0.1) is 0 Å². The number of carbonyl (C=O) groups is 2. The first-order valence-electron chi connectivity index (χ1n) is 5.43. The Bertz CT molecular complexity index is 396. The summed E-state index contributed by atoms with van der Waals surface area (Å²) in [6.45, 7) is 5.46. The van der Waals surface area contributed by atoms with E-state index >= 15 is 0 Å². The van der Waals surface area contributed by atoms with Crippen LogP contribution in [0.2, 0.25) is 0 Å². The molecular weight excluding hydrogens is 216 g/mol. The van der Waals surface area contributed by atoms with Gasteiger partial charge in [0.2, 0.25) is 0 Å². The van der Waals surface area contributed by atoms with Crippen LogP contribution in [0.1, 0.15) is 27.2 Å². The molecule has 0 fully saturated rings. The third-order valence-corrected chi connectivity index (χ3v) is 2.06. The standard InChI is InChI=1S/C14H18O3/c1-4-13(15)12(3)9-5-7-11(2)8-6-10-14(16)17/h5-10H,4H2,1-3H3,(H,16,17).